The third-order valence-corrected chi connectivity index (χ3v) is 4.16. The SMILES string of the molecule is O=C(Nc1cnc(-n2nccn2)c(Cl)c1)Nc1cnc2scnc2c1. The molecule has 4 aromatic heterocycles. The van der Waals surface area contributed by atoms with Crippen LogP contribution in [-0.4, -0.2) is 36.0 Å². The van der Waals surface area contributed by atoms with Crippen molar-refractivity contribution in [2.75, 3.05) is 10.6 Å². The molecule has 0 fully saturated rings. The maximum atomic E-state index is 12.1. The second kappa shape index (κ2) is 6.42. The molecular weight excluding hydrogens is 364 g/mol. The fourth-order valence-corrected chi connectivity index (χ4v) is 2.94. The molecule has 0 spiro atoms. The second-order valence-corrected chi connectivity index (χ2v) is 6.07. The lowest BCUT2D eigenvalue weighted by atomic mass is 10.4. The Morgan fingerprint density at radius 1 is 1.04 bits per heavy atom. The number of halogens is 1. The predicted octanol–water partition coefficient (Wildman–Crippen LogP) is 2.96. The molecule has 25 heavy (non-hydrogen) atoms. The summed E-state index contributed by atoms with van der Waals surface area (Å²) in [7, 11) is 0. The number of aromatic nitrogens is 6. The Hall–Kier alpha value is -3.11. The van der Waals surface area contributed by atoms with E-state index in [2.05, 4.69) is 35.8 Å². The Labute approximate surface area is 149 Å². The zero-order valence-electron chi connectivity index (χ0n) is 12.4. The number of fused-ring (bicyclic) bond motifs is 1. The van der Waals surface area contributed by atoms with Crippen LogP contribution in [0.15, 0.2) is 42.4 Å². The predicted molar refractivity (Wildman–Crippen MR) is 94.2 cm³/mol. The van der Waals surface area contributed by atoms with Crippen molar-refractivity contribution < 1.29 is 4.79 Å². The molecule has 0 aromatic carbocycles. The van der Waals surface area contributed by atoms with Gasteiger partial charge in [0, 0.05) is 0 Å². The van der Waals surface area contributed by atoms with Crippen LogP contribution in [0.5, 0.6) is 0 Å². The molecule has 4 rings (SSSR count). The molecule has 0 aliphatic heterocycles. The van der Waals surface area contributed by atoms with E-state index in [-0.39, 0.29) is 0 Å². The van der Waals surface area contributed by atoms with Crippen molar-refractivity contribution in [2.24, 2.45) is 0 Å². The van der Waals surface area contributed by atoms with Gasteiger partial charge in [-0.2, -0.15) is 10.2 Å². The zero-order valence-corrected chi connectivity index (χ0v) is 14.0. The Morgan fingerprint density at radius 2 is 1.76 bits per heavy atom. The minimum absolute atomic E-state index is 0.305. The molecule has 0 atom stereocenters. The van der Waals surface area contributed by atoms with Crippen molar-refractivity contribution in [1.82, 2.24) is 29.9 Å². The van der Waals surface area contributed by atoms with Gasteiger partial charge in [-0.1, -0.05) is 11.6 Å². The van der Waals surface area contributed by atoms with Crippen LogP contribution in [0.3, 0.4) is 0 Å². The van der Waals surface area contributed by atoms with Crippen molar-refractivity contribution in [3.05, 3.63) is 47.5 Å². The highest BCUT2D eigenvalue weighted by molar-refractivity contribution is 7.16. The summed E-state index contributed by atoms with van der Waals surface area (Å²) in [5, 5.41) is 13.6. The van der Waals surface area contributed by atoms with Gasteiger partial charge < -0.3 is 10.6 Å². The number of rotatable bonds is 3. The molecule has 4 heterocycles. The summed E-state index contributed by atoms with van der Waals surface area (Å²) in [6.07, 6.45) is 6.07. The minimum Gasteiger partial charge on any atom is -0.306 e. The van der Waals surface area contributed by atoms with Crippen LogP contribution in [0, 0.1) is 0 Å². The van der Waals surface area contributed by atoms with Gasteiger partial charge in [0.15, 0.2) is 5.82 Å². The van der Waals surface area contributed by atoms with Crippen LogP contribution >= 0.6 is 22.9 Å². The fourth-order valence-electron chi connectivity index (χ4n) is 2.09. The first-order chi connectivity index (χ1) is 12.2. The van der Waals surface area contributed by atoms with Gasteiger partial charge in [0.1, 0.15) is 10.3 Å². The molecule has 0 saturated heterocycles. The molecule has 0 bridgehead atoms. The van der Waals surface area contributed by atoms with Crippen molar-refractivity contribution in [3.63, 3.8) is 0 Å². The van der Waals surface area contributed by atoms with E-state index < -0.39 is 6.03 Å². The van der Waals surface area contributed by atoms with Crippen molar-refractivity contribution in [1.29, 1.82) is 0 Å². The van der Waals surface area contributed by atoms with Crippen LogP contribution in [0.2, 0.25) is 5.02 Å². The van der Waals surface area contributed by atoms with Crippen molar-refractivity contribution in [2.45, 2.75) is 0 Å². The lowest BCUT2D eigenvalue weighted by Crippen LogP contribution is -2.19. The largest absolute Gasteiger partial charge is 0.323 e. The highest BCUT2D eigenvalue weighted by Crippen LogP contribution is 2.21. The number of nitrogens with zero attached hydrogens (tertiary/aromatic N) is 6. The number of thiazole rings is 1. The average Bonchev–Trinajstić information content (AvgIpc) is 3.25. The smallest absolute Gasteiger partial charge is 0.306 e. The van der Waals surface area contributed by atoms with Gasteiger partial charge in [0.25, 0.3) is 0 Å². The first-order valence-corrected chi connectivity index (χ1v) is 8.24. The van der Waals surface area contributed by atoms with E-state index in [1.165, 1.54) is 34.7 Å². The number of carbonyl (C=O) groups excluding carboxylic acids is 1. The standard InChI is InChI=1S/C14H9ClN8OS/c15-10-3-8(5-16-12(10)23-19-1-2-20-23)21-14(24)22-9-4-11-13(17-6-9)25-7-18-11/h1-7H,(H2,21,22,24). The van der Waals surface area contributed by atoms with Gasteiger partial charge in [-0.15, -0.1) is 16.1 Å². The van der Waals surface area contributed by atoms with Crippen LogP contribution < -0.4 is 10.6 Å². The number of nitrogens with one attached hydrogen (secondary N) is 2. The van der Waals surface area contributed by atoms with Crippen molar-refractivity contribution >= 4 is 50.7 Å². The maximum Gasteiger partial charge on any atom is 0.323 e. The molecule has 0 aliphatic rings. The highest BCUT2D eigenvalue weighted by Gasteiger charge is 2.10. The molecule has 0 aliphatic carbocycles. The molecule has 0 unspecified atom stereocenters. The lowest BCUT2D eigenvalue weighted by Gasteiger charge is -2.08. The number of urea groups is 1. The summed E-state index contributed by atoms with van der Waals surface area (Å²) in [5.74, 6) is 0.371. The summed E-state index contributed by atoms with van der Waals surface area (Å²) >= 11 is 7.60. The molecule has 2 amide bonds. The Balaban J connectivity index is 1.47. The summed E-state index contributed by atoms with van der Waals surface area (Å²) in [6.45, 7) is 0. The molecule has 0 radical (unpaired) electrons. The van der Waals surface area contributed by atoms with Crippen LogP contribution in [0.1, 0.15) is 0 Å². The molecule has 9 nitrogen and oxygen atoms in total. The van der Waals surface area contributed by atoms with E-state index in [1.807, 2.05) is 0 Å². The Kier molecular flexibility index (Phi) is 3.96. The number of pyridine rings is 2. The first kappa shape index (κ1) is 15.4. The maximum absolute atomic E-state index is 12.1. The third-order valence-electron chi connectivity index (χ3n) is 3.13. The van der Waals surface area contributed by atoms with E-state index >= 15 is 0 Å². The Morgan fingerprint density at radius 3 is 2.52 bits per heavy atom. The molecule has 124 valence electrons. The summed E-state index contributed by atoms with van der Waals surface area (Å²) in [6, 6.07) is 2.87. The van der Waals surface area contributed by atoms with E-state index in [4.69, 9.17) is 11.6 Å². The van der Waals surface area contributed by atoms with Gasteiger partial charge in [-0.3, -0.25) is 0 Å². The average molecular weight is 373 g/mol. The number of hydrogen-bond acceptors (Lipinski definition) is 7. The molecule has 4 aromatic rings. The number of hydrogen-bond donors (Lipinski definition) is 2. The molecule has 2 N–H and O–H groups in total. The van der Waals surface area contributed by atoms with Gasteiger partial charge in [-0.05, 0) is 12.1 Å². The van der Waals surface area contributed by atoms with Crippen LogP contribution in [0.4, 0.5) is 16.2 Å². The fraction of sp³-hybridized carbons (Fsp3) is 0. The molecular formula is C14H9ClN8OS. The summed E-state index contributed by atoms with van der Waals surface area (Å²) in [4.78, 5) is 26.8. The van der Waals surface area contributed by atoms with E-state index in [9.17, 15) is 4.79 Å². The first-order valence-electron chi connectivity index (χ1n) is 6.98. The van der Waals surface area contributed by atoms with Crippen LogP contribution in [0.25, 0.3) is 16.2 Å². The summed E-state index contributed by atoms with van der Waals surface area (Å²) < 4.78 is 0. The lowest BCUT2D eigenvalue weighted by molar-refractivity contribution is 0.262. The summed E-state index contributed by atoms with van der Waals surface area (Å²) in [5.41, 5.74) is 3.39. The van der Waals surface area contributed by atoms with E-state index in [1.54, 1.807) is 23.8 Å². The monoisotopic (exact) mass is 372 g/mol. The van der Waals surface area contributed by atoms with E-state index in [0.717, 1.165) is 10.3 Å². The normalized spacial score (nSPS) is 10.8. The minimum atomic E-state index is -0.445. The van der Waals surface area contributed by atoms with E-state index in [0.29, 0.717) is 22.2 Å². The zero-order chi connectivity index (χ0) is 17.2. The Bertz CT molecular complexity index is 1050. The second-order valence-electron chi connectivity index (χ2n) is 4.83. The number of carbonyl (C=O) groups is 1. The molecule has 11 heteroatoms. The highest BCUT2D eigenvalue weighted by atomic mass is 35.5. The van der Waals surface area contributed by atoms with Gasteiger partial charge >= 0.3 is 6.03 Å². The quantitative estimate of drug-likeness (QED) is 0.572. The third kappa shape index (κ3) is 3.25. The van der Waals surface area contributed by atoms with Gasteiger partial charge in [0.05, 0.1) is 46.7 Å². The van der Waals surface area contributed by atoms with Crippen molar-refractivity contribution in [3.8, 4) is 5.82 Å². The topological polar surface area (TPSA) is 111 Å². The van der Waals surface area contributed by atoms with Gasteiger partial charge in [0.2, 0.25) is 0 Å². The molecule has 0 saturated carbocycles. The number of anilines is 2. The number of amides is 2. The van der Waals surface area contributed by atoms with Gasteiger partial charge in [-0.25, -0.2) is 19.7 Å². The van der Waals surface area contributed by atoms with Crippen LogP contribution in [-0.2, 0) is 0 Å².